The number of halogens is 4. The lowest BCUT2D eigenvalue weighted by atomic mass is 10.1. The van der Waals surface area contributed by atoms with E-state index in [2.05, 4.69) is 4.98 Å². The van der Waals surface area contributed by atoms with E-state index in [0.29, 0.717) is 31.9 Å². The highest BCUT2D eigenvalue weighted by Crippen LogP contribution is 2.34. The minimum Gasteiger partial charge on any atom is -0.220 e. The summed E-state index contributed by atoms with van der Waals surface area (Å²) >= 11 is 17.8. The van der Waals surface area contributed by atoms with Gasteiger partial charge in [0.25, 0.3) is 0 Å². The molecule has 0 bridgehead atoms. The van der Waals surface area contributed by atoms with Crippen LogP contribution in [0.3, 0.4) is 0 Å². The van der Waals surface area contributed by atoms with Crippen molar-refractivity contribution in [2.75, 3.05) is 0 Å². The Hall–Kier alpha value is -1.34. The van der Waals surface area contributed by atoms with Gasteiger partial charge in [0.2, 0.25) is 5.95 Å². The van der Waals surface area contributed by atoms with Crippen LogP contribution in [0.15, 0.2) is 24.3 Å². The van der Waals surface area contributed by atoms with E-state index in [-0.39, 0.29) is 6.42 Å². The summed E-state index contributed by atoms with van der Waals surface area (Å²) in [5.41, 5.74) is 1.30. The molecule has 2 nitrogen and oxygen atoms in total. The molecule has 2 aromatic rings. The van der Waals surface area contributed by atoms with E-state index < -0.39 is 5.95 Å². The van der Waals surface area contributed by atoms with Gasteiger partial charge < -0.3 is 0 Å². The highest BCUT2D eigenvalue weighted by Gasteiger charge is 2.11. The Kier molecular flexibility index (Phi) is 4.26. The Morgan fingerprint density at radius 1 is 1.05 bits per heavy atom. The highest BCUT2D eigenvalue weighted by molar-refractivity contribution is 6.44. The number of rotatable bonds is 2. The quantitative estimate of drug-likeness (QED) is 0.583. The van der Waals surface area contributed by atoms with Gasteiger partial charge in [-0.2, -0.15) is 9.65 Å². The van der Waals surface area contributed by atoms with E-state index in [0.717, 1.165) is 0 Å². The number of benzene rings is 1. The van der Waals surface area contributed by atoms with Gasteiger partial charge in [-0.05, 0) is 29.8 Å². The van der Waals surface area contributed by atoms with E-state index in [1.807, 2.05) is 6.07 Å². The first-order valence-electron chi connectivity index (χ1n) is 5.19. The van der Waals surface area contributed by atoms with Gasteiger partial charge in [-0.15, -0.1) is 0 Å². The minimum atomic E-state index is -0.676. The summed E-state index contributed by atoms with van der Waals surface area (Å²) in [5.74, 6) is -0.676. The van der Waals surface area contributed by atoms with E-state index in [9.17, 15) is 4.39 Å². The molecule has 1 aromatic carbocycles. The number of hydrogen-bond acceptors (Lipinski definition) is 2. The summed E-state index contributed by atoms with van der Waals surface area (Å²) in [6, 6.07) is 7.74. The fraction of sp³-hybridized carbons (Fsp3) is 0.0769. The van der Waals surface area contributed by atoms with Crippen molar-refractivity contribution in [3.8, 4) is 17.3 Å². The Morgan fingerprint density at radius 2 is 1.74 bits per heavy atom. The smallest absolute Gasteiger partial charge is 0.213 e. The van der Waals surface area contributed by atoms with Crippen LogP contribution >= 0.6 is 34.8 Å². The Labute approximate surface area is 124 Å². The Morgan fingerprint density at radius 3 is 2.42 bits per heavy atom. The van der Waals surface area contributed by atoms with E-state index >= 15 is 0 Å². The topological polar surface area (TPSA) is 36.7 Å². The molecule has 1 aromatic heterocycles. The van der Waals surface area contributed by atoms with Crippen LogP contribution in [0.4, 0.5) is 4.39 Å². The van der Waals surface area contributed by atoms with Crippen molar-refractivity contribution in [1.29, 1.82) is 5.26 Å². The molecular weight excluding hydrogens is 310 g/mol. The molecule has 0 amide bonds. The van der Waals surface area contributed by atoms with Gasteiger partial charge in [-0.3, -0.25) is 0 Å². The molecule has 0 unspecified atom stereocenters. The van der Waals surface area contributed by atoms with Gasteiger partial charge in [0.05, 0.1) is 33.3 Å². The second kappa shape index (κ2) is 5.75. The van der Waals surface area contributed by atoms with Crippen LogP contribution in [-0.4, -0.2) is 4.98 Å². The number of nitrogens with zero attached hydrogens (tertiary/aromatic N) is 2. The van der Waals surface area contributed by atoms with Crippen LogP contribution in [0.2, 0.25) is 15.1 Å². The van der Waals surface area contributed by atoms with E-state index in [4.69, 9.17) is 40.1 Å². The summed E-state index contributed by atoms with van der Waals surface area (Å²) in [6.45, 7) is 0. The Balaban J connectivity index is 2.59. The molecule has 0 N–H and O–H groups in total. The first kappa shape index (κ1) is 14.1. The molecule has 0 saturated carbocycles. The molecule has 1 heterocycles. The summed E-state index contributed by atoms with van der Waals surface area (Å²) < 4.78 is 13.4. The molecule has 0 fully saturated rings. The zero-order valence-corrected chi connectivity index (χ0v) is 11.7. The number of hydrogen-bond donors (Lipinski definition) is 0. The van der Waals surface area contributed by atoms with Crippen molar-refractivity contribution >= 4 is 34.8 Å². The van der Waals surface area contributed by atoms with Crippen molar-refractivity contribution in [3.05, 3.63) is 50.8 Å². The Bertz CT molecular complexity index is 680. The largest absolute Gasteiger partial charge is 0.220 e. The van der Waals surface area contributed by atoms with Crippen molar-refractivity contribution in [1.82, 2.24) is 4.98 Å². The average molecular weight is 316 g/mol. The molecule has 0 aliphatic rings. The fourth-order valence-corrected chi connectivity index (χ4v) is 2.24. The minimum absolute atomic E-state index is 0.0887. The molecule has 0 radical (unpaired) electrons. The van der Waals surface area contributed by atoms with E-state index in [1.54, 1.807) is 6.07 Å². The van der Waals surface area contributed by atoms with Gasteiger partial charge in [0, 0.05) is 5.56 Å². The molecule has 0 atom stereocenters. The molecule has 0 spiro atoms. The van der Waals surface area contributed by atoms with Gasteiger partial charge in [0.15, 0.2) is 0 Å². The molecule has 0 aliphatic carbocycles. The lowest BCUT2D eigenvalue weighted by molar-refractivity contribution is 0.583. The summed E-state index contributed by atoms with van der Waals surface area (Å²) in [6.07, 6.45) is 0.0887. The first-order chi connectivity index (χ1) is 9.01. The van der Waals surface area contributed by atoms with Gasteiger partial charge in [0.1, 0.15) is 0 Å². The first-order valence-corrected chi connectivity index (χ1v) is 6.33. The fourth-order valence-electron chi connectivity index (χ4n) is 1.60. The maximum absolute atomic E-state index is 13.4. The van der Waals surface area contributed by atoms with Crippen LogP contribution in [0.5, 0.6) is 0 Å². The van der Waals surface area contributed by atoms with Crippen molar-refractivity contribution in [2.24, 2.45) is 0 Å². The predicted molar refractivity (Wildman–Crippen MR) is 74.0 cm³/mol. The zero-order chi connectivity index (χ0) is 14.0. The SMILES string of the molecule is N#CCc1cc(F)nc(-c2cc(Cl)c(Cl)cc2Cl)c1. The van der Waals surface area contributed by atoms with Crippen molar-refractivity contribution < 1.29 is 4.39 Å². The lowest BCUT2D eigenvalue weighted by Gasteiger charge is -2.07. The third-order valence-corrected chi connectivity index (χ3v) is 3.46. The average Bonchev–Trinajstić information content (AvgIpc) is 2.33. The molecular formula is C13H6Cl3FN2. The van der Waals surface area contributed by atoms with Crippen LogP contribution in [-0.2, 0) is 6.42 Å². The van der Waals surface area contributed by atoms with E-state index in [1.165, 1.54) is 18.2 Å². The predicted octanol–water partition coefficient (Wildman–Crippen LogP) is 4.91. The van der Waals surface area contributed by atoms with Crippen LogP contribution < -0.4 is 0 Å². The maximum atomic E-state index is 13.4. The third kappa shape index (κ3) is 3.16. The molecule has 2 rings (SSSR count). The molecule has 0 aliphatic heterocycles. The molecule has 96 valence electrons. The van der Waals surface area contributed by atoms with Crippen LogP contribution in [0, 0.1) is 17.3 Å². The maximum Gasteiger partial charge on any atom is 0.213 e. The summed E-state index contributed by atoms with van der Waals surface area (Å²) in [5, 5.41) is 9.57. The number of nitriles is 1. The second-order valence-corrected chi connectivity index (χ2v) is 4.99. The monoisotopic (exact) mass is 314 g/mol. The van der Waals surface area contributed by atoms with Crippen molar-refractivity contribution in [3.63, 3.8) is 0 Å². The molecule has 19 heavy (non-hydrogen) atoms. The highest BCUT2D eigenvalue weighted by atomic mass is 35.5. The van der Waals surface area contributed by atoms with Gasteiger partial charge in [-0.1, -0.05) is 34.8 Å². The summed E-state index contributed by atoms with van der Waals surface area (Å²) in [7, 11) is 0. The van der Waals surface area contributed by atoms with Crippen LogP contribution in [0.25, 0.3) is 11.3 Å². The molecule has 6 heteroatoms. The standard InChI is InChI=1S/C13H6Cl3FN2/c14-9-6-11(16)10(15)5-8(9)12-3-7(1-2-18)4-13(17)19-12/h3-6H,1H2. The number of aromatic nitrogens is 1. The normalized spacial score (nSPS) is 10.3. The zero-order valence-electron chi connectivity index (χ0n) is 9.42. The molecule has 0 saturated heterocycles. The summed E-state index contributed by atoms with van der Waals surface area (Å²) in [4.78, 5) is 3.76. The number of pyridine rings is 1. The lowest BCUT2D eigenvalue weighted by Crippen LogP contribution is -1.93. The second-order valence-electron chi connectivity index (χ2n) is 3.76. The third-order valence-electron chi connectivity index (χ3n) is 2.42. The van der Waals surface area contributed by atoms with Gasteiger partial charge >= 0.3 is 0 Å². The van der Waals surface area contributed by atoms with Crippen molar-refractivity contribution in [2.45, 2.75) is 6.42 Å². The van der Waals surface area contributed by atoms with Gasteiger partial charge in [-0.25, -0.2) is 4.98 Å². The van der Waals surface area contributed by atoms with Crippen LogP contribution in [0.1, 0.15) is 5.56 Å².